The maximum atomic E-state index is 12.7. The van der Waals surface area contributed by atoms with Crippen molar-refractivity contribution in [2.24, 2.45) is 0 Å². The zero-order valence-corrected chi connectivity index (χ0v) is 16.9. The predicted octanol–water partition coefficient (Wildman–Crippen LogP) is 2.58. The molecule has 1 spiro atoms. The van der Waals surface area contributed by atoms with Gasteiger partial charge >= 0.3 is 6.03 Å². The lowest BCUT2D eigenvalue weighted by atomic mass is 9.82. The molecule has 160 valence electrons. The molecule has 0 bridgehead atoms. The van der Waals surface area contributed by atoms with E-state index in [4.69, 9.17) is 4.74 Å². The van der Waals surface area contributed by atoms with Gasteiger partial charge in [0, 0.05) is 11.1 Å². The summed E-state index contributed by atoms with van der Waals surface area (Å²) in [5.74, 6) is -0.768. The number of nitrogens with zero attached hydrogens (tertiary/aromatic N) is 1. The first-order valence-electron chi connectivity index (χ1n) is 10.3. The predicted molar refractivity (Wildman–Crippen MR) is 111 cm³/mol. The van der Waals surface area contributed by atoms with E-state index in [2.05, 4.69) is 10.7 Å². The number of carbonyl (C=O) groups is 4. The van der Waals surface area contributed by atoms with Crippen LogP contribution in [0.3, 0.4) is 0 Å². The fraction of sp³-hybridized carbons (Fsp3) is 0.304. The van der Waals surface area contributed by atoms with Crippen LogP contribution >= 0.6 is 0 Å². The molecule has 0 unspecified atom stereocenters. The van der Waals surface area contributed by atoms with Gasteiger partial charge in [-0.25, -0.2) is 4.79 Å². The van der Waals surface area contributed by atoms with Crippen LogP contribution in [0.2, 0.25) is 0 Å². The molecule has 4 amide bonds. The van der Waals surface area contributed by atoms with E-state index in [1.807, 2.05) is 6.07 Å². The van der Waals surface area contributed by atoms with Crippen molar-refractivity contribution in [1.82, 2.24) is 15.8 Å². The summed E-state index contributed by atoms with van der Waals surface area (Å²) in [7, 11) is 0. The first-order valence-corrected chi connectivity index (χ1v) is 10.3. The number of ether oxygens (including phenoxy) is 1. The van der Waals surface area contributed by atoms with Crippen LogP contribution in [0.25, 0.3) is 0 Å². The van der Waals surface area contributed by atoms with Crippen LogP contribution in [0, 0.1) is 0 Å². The summed E-state index contributed by atoms with van der Waals surface area (Å²) in [5.41, 5.74) is 2.51. The van der Waals surface area contributed by atoms with Gasteiger partial charge < -0.3 is 10.1 Å². The highest BCUT2D eigenvalue weighted by Crippen LogP contribution is 2.33. The van der Waals surface area contributed by atoms with E-state index < -0.39 is 23.4 Å². The van der Waals surface area contributed by atoms with Gasteiger partial charge in [-0.05, 0) is 37.1 Å². The van der Waals surface area contributed by atoms with Gasteiger partial charge in [-0.15, -0.1) is 0 Å². The number of amides is 4. The number of ketones is 1. The van der Waals surface area contributed by atoms with Crippen LogP contribution in [0.1, 0.15) is 48.0 Å². The quantitative estimate of drug-likeness (QED) is 0.551. The molecule has 2 fully saturated rings. The first-order chi connectivity index (χ1) is 15.0. The molecule has 1 aliphatic carbocycles. The number of rotatable bonds is 6. The van der Waals surface area contributed by atoms with Gasteiger partial charge in [0.05, 0.1) is 0 Å². The van der Waals surface area contributed by atoms with E-state index in [0.29, 0.717) is 29.7 Å². The Labute approximate surface area is 179 Å². The Kier molecular flexibility index (Phi) is 5.70. The maximum Gasteiger partial charge on any atom is 0.344 e. The number of urea groups is 1. The Morgan fingerprint density at radius 2 is 1.58 bits per heavy atom. The van der Waals surface area contributed by atoms with Crippen molar-refractivity contribution >= 4 is 23.6 Å². The molecule has 4 rings (SSSR count). The van der Waals surface area contributed by atoms with Crippen molar-refractivity contribution in [3.05, 3.63) is 65.7 Å². The first kappa shape index (κ1) is 20.6. The lowest BCUT2D eigenvalue weighted by Crippen LogP contribution is -2.51. The van der Waals surface area contributed by atoms with Crippen LogP contribution in [-0.4, -0.2) is 40.8 Å². The van der Waals surface area contributed by atoms with Crippen LogP contribution in [0.4, 0.5) is 4.79 Å². The minimum atomic E-state index is -0.898. The SMILES string of the molecule is O=C(COc1ccc(C(=O)c2ccccc2)cc1)NN1C(=O)NC2(CCCCC2)C1=O. The summed E-state index contributed by atoms with van der Waals surface area (Å²) in [6.07, 6.45) is 3.91. The molecule has 2 aromatic rings. The minimum absolute atomic E-state index is 0.111. The molecule has 31 heavy (non-hydrogen) atoms. The Hall–Kier alpha value is -3.68. The van der Waals surface area contributed by atoms with Gasteiger partial charge in [0.2, 0.25) is 0 Å². The second-order valence-electron chi connectivity index (χ2n) is 7.76. The summed E-state index contributed by atoms with van der Waals surface area (Å²) in [6, 6.07) is 14.7. The van der Waals surface area contributed by atoms with E-state index in [9.17, 15) is 19.2 Å². The molecule has 2 aliphatic rings. The molecule has 8 heteroatoms. The average Bonchev–Trinajstić information content (AvgIpc) is 3.02. The second kappa shape index (κ2) is 8.59. The lowest BCUT2D eigenvalue weighted by molar-refractivity contribution is -0.140. The van der Waals surface area contributed by atoms with Crippen molar-refractivity contribution < 1.29 is 23.9 Å². The third-order valence-electron chi connectivity index (χ3n) is 5.63. The van der Waals surface area contributed by atoms with Gasteiger partial charge in [0.25, 0.3) is 11.8 Å². The molecule has 8 nitrogen and oxygen atoms in total. The summed E-state index contributed by atoms with van der Waals surface area (Å²) in [6.45, 7) is -0.379. The standard InChI is InChI=1S/C23H23N3O5/c27-19(25-26-21(29)23(24-22(26)30)13-5-2-6-14-23)15-31-18-11-9-17(10-12-18)20(28)16-7-3-1-4-8-16/h1,3-4,7-12H,2,5-6,13-15H2,(H,24,30)(H,25,27). The third-order valence-corrected chi connectivity index (χ3v) is 5.63. The summed E-state index contributed by atoms with van der Waals surface area (Å²) in [5, 5.41) is 3.48. The second-order valence-corrected chi connectivity index (χ2v) is 7.76. The van der Waals surface area contributed by atoms with E-state index in [1.165, 1.54) is 0 Å². The highest BCUT2D eigenvalue weighted by Gasteiger charge is 2.52. The van der Waals surface area contributed by atoms with Gasteiger partial charge in [0.15, 0.2) is 12.4 Å². The number of carbonyl (C=O) groups excluding carboxylic acids is 4. The van der Waals surface area contributed by atoms with Gasteiger partial charge in [-0.3, -0.25) is 19.8 Å². The number of hydrazine groups is 1. The number of hydrogen-bond donors (Lipinski definition) is 2. The van der Waals surface area contributed by atoms with Crippen molar-refractivity contribution in [1.29, 1.82) is 0 Å². The number of hydrogen-bond acceptors (Lipinski definition) is 5. The fourth-order valence-corrected chi connectivity index (χ4v) is 3.98. The molecule has 0 radical (unpaired) electrons. The minimum Gasteiger partial charge on any atom is -0.484 e. The molecule has 0 aromatic heterocycles. The number of nitrogens with one attached hydrogen (secondary N) is 2. The molecular formula is C23H23N3O5. The zero-order valence-electron chi connectivity index (χ0n) is 16.9. The smallest absolute Gasteiger partial charge is 0.344 e. The highest BCUT2D eigenvalue weighted by atomic mass is 16.5. The molecule has 0 atom stereocenters. The summed E-state index contributed by atoms with van der Waals surface area (Å²) in [4.78, 5) is 49.5. The monoisotopic (exact) mass is 421 g/mol. The van der Waals surface area contributed by atoms with Crippen LogP contribution in [-0.2, 0) is 9.59 Å². The molecule has 2 aromatic carbocycles. The van der Waals surface area contributed by atoms with Crippen LogP contribution < -0.4 is 15.5 Å². The molecule has 1 saturated carbocycles. The van der Waals surface area contributed by atoms with E-state index in [-0.39, 0.29) is 12.4 Å². The molecule has 1 aliphatic heterocycles. The van der Waals surface area contributed by atoms with Crippen LogP contribution in [0.15, 0.2) is 54.6 Å². The van der Waals surface area contributed by atoms with Crippen molar-refractivity contribution in [3.63, 3.8) is 0 Å². The molecular weight excluding hydrogens is 398 g/mol. The van der Waals surface area contributed by atoms with E-state index >= 15 is 0 Å². The number of imide groups is 1. The topological polar surface area (TPSA) is 105 Å². The molecule has 2 N–H and O–H groups in total. The average molecular weight is 421 g/mol. The van der Waals surface area contributed by atoms with E-state index in [0.717, 1.165) is 24.3 Å². The van der Waals surface area contributed by atoms with Gasteiger partial charge in [0.1, 0.15) is 11.3 Å². The highest BCUT2D eigenvalue weighted by molar-refractivity contribution is 6.09. The normalized spacial score (nSPS) is 17.4. The van der Waals surface area contributed by atoms with Gasteiger partial charge in [-0.1, -0.05) is 49.6 Å². The van der Waals surface area contributed by atoms with Crippen LogP contribution in [0.5, 0.6) is 5.75 Å². The van der Waals surface area contributed by atoms with Crippen molar-refractivity contribution in [2.75, 3.05) is 6.61 Å². The Balaban J connectivity index is 1.31. The van der Waals surface area contributed by atoms with E-state index in [1.54, 1.807) is 48.5 Å². The molecule has 1 saturated heterocycles. The Morgan fingerprint density at radius 3 is 2.26 bits per heavy atom. The fourth-order valence-electron chi connectivity index (χ4n) is 3.98. The lowest BCUT2D eigenvalue weighted by Gasteiger charge is -2.30. The number of benzene rings is 2. The molecule has 1 heterocycles. The van der Waals surface area contributed by atoms with Crippen molar-refractivity contribution in [3.8, 4) is 5.75 Å². The van der Waals surface area contributed by atoms with Crippen molar-refractivity contribution in [2.45, 2.75) is 37.6 Å². The largest absolute Gasteiger partial charge is 0.484 e. The Bertz CT molecular complexity index is 998. The summed E-state index contributed by atoms with van der Waals surface area (Å²) < 4.78 is 5.43. The maximum absolute atomic E-state index is 12.7. The summed E-state index contributed by atoms with van der Waals surface area (Å²) >= 11 is 0. The Morgan fingerprint density at radius 1 is 0.935 bits per heavy atom. The zero-order chi connectivity index (χ0) is 21.8. The van der Waals surface area contributed by atoms with Gasteiger partial charge in [-0.2, -0.15) is 5.01 Å². The third kappa shape index (κ3) is 4.28.